The van der Waals surface area contributed by atoms with Gasteiger partial charge in [-0.05, 0) is 18.2 Å². The number of para-hydroxylation sites is 1. The van der Waals surface area contributed by atoms with E-state index in [-0.39, 0.29) is 16.5 Å². The van der Waals surface area contributed by atoms with Crippen LogP contribution in [0.4, 0.5) is 5.69 Å². The highest BCUT2D eigenvalue weighted by atomic mass is 32.2. The first-order valence-electron chi connectivity index (χ1n) is 7.59. The van der Waals surface area contributed by atoms with Crippen molar-refractivity contribution in [3.8, 4) is 0 Å². The molecule has 0 aliphatic carbocycles. The number of anilines is 1. The minimum atomic E-state index is -3.55. The zero-order valence-corrected chi connectivity index (χ0v) is 14.9. The number of carbonyl (C=O) groups is 1. The first kappa shape index (κ1) is 17.1. The Labute approximate surface area is 145 Å². The average Bonchev–Trinajstić information content (AvgIpc) is 3.13. The van der Waals surface area contributed by atoms with Crippen LogP contribution in [0.2, 0.25) is 0 Å². The van der Waals surface area contributed by atoms with Crippen molar-refractivity contribution in [2.45, 2.75) is 4.90 Å². The van der Waals surface area contributed by atoms with Crippen molar-refractivity contribution in [2.24, 2.45) is 0 Å². The molecule has 128 valence electrons. The number of carbonyl (C=O) groups excluding carboxylic acids is 1. The van der Waals surface area contributed by atoms with Gasteiger partial charge < -0.3 is 9.88 Å². The summed E-state index contributed by atoms with van der Waals surface area (Å²) in [6, 6.07) is 10.6. The number of hydrogen-bond donors (Lipinski definition) is 1. The minimum Gasteiger partial charge on any atom is -0.356 e. The fraction of sp³-hybridized carbons (Fsp3) is 0.312. The van der Waals surface area contributed by atoms with Crippen LogP contribution >= 0.6 is 11.8 Å². The summed E-state index contributed by atoms with van der Waals surface area (Å²) in [7, 11) is -1.89. The van der Waals surface area contributed by atoms with Gasteiger partial charge in [-0.3, -0.25) is 4.79 Å². The van der Waals surface area contributed by atoms with Crippen LogP contribution in [0.1, 0.15) is 10.5 Å². The molecule has 2 heterocycles. The van der Waals surface area contributed by atoms with Gasteiger partial charge in [0.05, 0.1) is 0 Å². The molecule has 6 nitrogen and oxygen atoms in total. The summed E-state index contributed by atoms with van der Waals surface area (Å²) in [5.41, 5.74) is 1.00. The first-order chi connectivity index (χ1) is 11.5. The Balaban J connectivity index is 1.81. The molecule has 2 aromatic rings. The molecular formula is C16H19N3O3S2. The fourth-order valence-electron chi connectivity index (χ4n) is 2.53. The third kappa shape index (κ3) is 3.35. The Morgan fingerprint density at radius 3 is 2.54 bits per heavy atom. The Bertz CT molecular complexity index is 812. The highest BCUT2D eigenvalue weighted by molar-refractivity contribution is 7.99. The topological polar surface area (TPSA) is 73.5 Å². The molecule has 1 aliphatic rings. The normalized spacial score (nSPS) is 16.0. The highest BCUT2D eigenvalue weighted by Crippen LogP contribution is 2.22. The summed E-state index contributed by atoms with van der Waals surface area (Å²) in [5.74, 6) is 1.31. The van der Waals surface area contributed by atoms with Crippen LogP contribution in [-0.4, -0.2) is 55.3 Å². The van der Waals surface area contributed by atoms with Gasteiger partial charge in [-0.2, -0.15) is 16.1 Å². The molecule has 1 amide bonds. The number of rotatable bonds is 4. The van der Waals surface area contributed by atoms with Gasteiger partial charge in [-0.25, -0.2) is 8.42 Å². The number of nitrogens with one attached hydrogen (secondary N) is 1. The van der Waals surface area contributed by atoms with Gasteiger partial charge in [-0.1, -0.05) is 18.2 Å². The van der Waals surface area contributed by atoms with Crippen LogP contribution in [0.15, 0.2) is 47.5 Å². The van der Waals surface area contributed by atoms with Gasteiger partial charge in [0.2, 0.25) is 10.0 Å². The van der Waals surface area contributed by atoms with E-state index in [0.29, 0.717) is 13.1 Å². The maximum absolute atomic E-state index is 12.6. The number of amides is 1. The summed E-state index contributed by atoms with van der Waals surface area (Å²) in [6.07, 6.45) is 1.39. The first-order valence-corrected chi connectivity index (χ1v) is 10.2. The van der Waals surface area contributed by atoms with E-state index in [0.717, 1.165) is 17.2 Å². The summed E-state index contributed by atoms with van der Waals surface area (Å²) < 4.78 is 26.7. The van der Waals surface area contributed by atoms with Gasteiger partial charge in [-0.15, -0.1) is 0 Å². The second kappa shape index (κ2) is 7.00. The molecule has 8 heteroatoms. The van der Waals surface area contributed by atoms with Gasteiger partial charge in [0.1, 0.15) is 10.6 Å². The Morgan fingerprint density at radius 2 is 1.88 bits per heavy atom. The van der Waals surface area contributed by atoms with Gasteiger partial charge >= 0.3 is 0 Å². The average molecular weight is 365 g/mol. The summed E-state index contributed by atoms with van der Waals surface area (Å²) >= 11 is 1.75. The van der Waals surface area contributed by atoms with Gasteiger partial charge in [0.25, 0.3) is 5.91 Å². The lowest BCUT2D eigenvalue weighted by molar-refractivity contribution is 0.0989. The Hall–Kier alpha value is -1.77. The fourth-order valence-corrected chi connectivity index (χ4v) is 5.10. The van der Waals surface area contributed by atoms with Crippen LogP contribution in [0.25, 0.3) is 0 Å². The molecule has 1 aromatic heterocycles. The van der Waals surface area contributed by atoms with Crippen molar-refractivity contribution in [2.75, 3.05) is 36.5 Å². The van der Waals surface area contributed by atoms with Crippen molar-refractivity contribution >= 4 is 33.4 Å². The van der Waals surface area contributed by atoms with E-state index in [1.807, 2.05) is 30.3 Å². The summed E-state index contributed by atoms with van der Waals surface area (Å²) in [5, 5.41) is 0. The van der Waals surface area contributed by atoms with E-state index in [2.05, 4.69) is 4.98 Å². The van der Waals surface area contributed by atoms with Crippen LogP contribution in [0, 0.1) is 0 Å². The van der Waals surface area contributed by atoms with Gasteiger partial charge in [0, 0.05) is 43.5 Å². The van der Waals surface area contributed by atoms with Crippen LogP contribution in [-0.2, 0) is 10.0 Å². The number of thioether (sulfide) groups is 1. The molecule has 1 fully saturated rings. The number of nitrogens with zero attached hydrogens (tertiary/aromatic N) is 2. The number of hydrogen-bond acceptors (Lipinski definition) is 4. The van der Waals surface area contributed by atoms with E-state index in [9.17, 15) is 13.2 Å². The molecule has 3 rings (SSSR count). The second-order valence-corrected chi connectivity index (χ2v) is 8.63. The Morgan fingerprint density at radius 1 is 1.21 bits per heavy atom. The van der Waals surface area contributed by atoms with E-state index in [1.54, 1.807) is 18.8 Å². The van der Waals surface area contributed by atoms with Crippen molar-refractivity contribution in [1.29, 1.82) is 0 Å². The highest BCUT2D eigenvalue weighted by Gasteiger charge is 2.28. The van der Waals surface area contributed by atoms with E-state index >= 15 is 0 Å². The van der Waals surface area contributed by atoms with Crippen molar-refractivity contribution in [3.05, 3.63) is 48.3 Å². The maximum atomic E-state index is 12.6. The molecule has 0 unspecified atom stereocenters. The standard InChI is InChI=1S/C16H19N3O3S2/c1-18(13-5-3-2-4-6-13)16(20)15-11-14(12-17-15)24(21,22)19-7-9-23-10-8-19/h2-6,11-12,17H,7-10H2,1H3. The van der Waals surface area contributed by atoms with Crippen molar-refractivity contribution in [1.82, 2.24) is 9.29 Å². The molecular weight excluding hydrogens is 346 g/mol. The predicted octanol–water partition coefficient (Wildman–Crippen LogP) is 2.03. The van der Waals surface area contributed by atoms with E-state index in [4.69, 9.17) is 0 Å². The summed E-state index contributed by atoms with van der Waals surface area (Å²) in [6.45, 7) is 1.01. The molecule has 1 aliphatic heterocycles. The molecule has 0 spiro atoms. The zero-order chi connectivity index (χ0) is 17.2. The number of aromatic amines is 1. The quantitative estimate of drug-likeness (QED) is 0.900. The Kier molecular flexibility index (Phi) is 4.98. The second-order valence-electron chi connectivity index (χ2n) is 5.47. The molecule has 0 saturated carbocycles. The zero-order valence-electron chi connectivity index (χ0n) is 13.3. The van der Waals surface area contributed by atoms with Crippen LogP contribution in [0.3, 0.4) is 0 Å². The smallest absolute Gasteiger partial charge is 0.274 e. The number of H-pyrrole nitrogens is 1. The monoisotopic (exact) mass is 365 g/mol. The molecule has 1 N–H and O–H groups in total. The molecule has 1 aromatic carbocycles. The lowest BCUT2D eigenvalue weighted by Gasteiger charge is -2.24. The lowest BCUT2D eigenvalue weighted by Crippen LogP contribution is -2.37. The molecule has 24 heavy (non-hydrogen) atoms. The number of sulfonamides is 1. The van der Waals surface area contributed by atoms with Crippen molar-refractivity contribution < 1.29 is 13.2 Å². The number of benzene rings is 1. The number of aromatic nitrogens is 1. The lowest BCUT2D eigenvalue weighted by atomic mass is 10.3. The maximum Gasteiger partial charge on any atom is 0.274 e. The van der Waals surface area contributed by atoms with Crippen LogP contribution in [0.5, 0.6) is 0 Å². The molecule has 0 bridgehead atoms. The SMILES string of the molecule is CN(C(=O)c1cc(S(=O)(=O)N2CCSCC2)c[nH]1)c1ccccc1. The largest absolute Gasteiger partial charge is 0.356 e. The minimum absolute atomic E-state index is 0.138. The van der Waals surface area contributed by atoms with E-state index < -0.39 is 10.0 Å². The summed E-state index contributed by atoms with van der Waals surface area (Å²) in [4.78, 5) is 17.0. The third-order valence-electron chi connectivity index (χ3n) is 3.94. The van der Waals surface area contributed by atoms with Gasteiger partial charge in [0.15, 0.2) is 0 Å². The predicted molar refractivity (Wildman–Crippen MR) is 96.1 cm³/mol. The molecule has 0 radical (unpaired) electrons. The third-order valence-corrected chi connectivity index (χ3v) is 6.76. The van der Waals surface area contributed by atoms with Crippen molar-refractivity contribution in [3.63, 3.8) is 0 Å². The van der Waals surface area contributed by atoms with Crippen LogP contribution < -0.4 is 4.90 Å². The van der Waals surface area contributed by atoms with E-state index in [1.165, 1.54) is 21.5 Å². The molecule has 0 atom stereocenters. The molecule has 1 saturated heterocycles.